The highest BCUT2D eigenvalue weighted by Gasteiger charge is 2.33. The summed E-state index contributed by atoms with van der Waals surface area (Å²) in [5, 5.41) is 7.36. The van der Waals surface area contributed by atoms with Gasteiger partial charge in [0.25, 0.3) is 0 Å². The highest BCUT2D eigenvalue weighted by molar-refractivity contribution is 8.63. The number of carboxylic acid groups (broad SMARTS) is 1. The van der Waals surface area contributed by atoms with Crippen LogP contribution in [0.2, 0.25) is 5.02 Å². The van der Waals surface area contributed by atoms with Crippen molar-refractivity contribution >= 4 is 38.1 Å². The maximum atomic E-state index is 11.5. The Morgan fingerprint density at radius 2 is 1.71 bits per heavy atom. The van der Waals surface area contributed by atoms with Gasteiger partial charge in [0.2, 0.25) is 8.87 Å². The van der Waals surface area contributed by atoms with Gasteiger partial charge in [-0.25, -0.2) is 8.42 Å². The Balaban J connectivity index is 2.52. The molecule has 2 aromatic rings. The van der Waals surface area contributed by atoms with Crippen LogP contribution in [0.3, 0.4) is 0 Å². The monoisotopic (exact) mass is 342 g/mol. The van der Waals surface area contributed by atoms with Crippen LogP contribution in [0.15, 0.2) is 48.5 Å². The van der Waals surface area contributed by atoms with E-state index in [0.717, 1.165) is 11.1 Å². The average Bonchev–Trinajstić information content (AvgIpc) is 2.40. The van der Waals surface area contributed by atoms with E-state index in [2.05, 4.69) is 11.7 Å². The zero-order valence-corrected chi connectivity index (χ0v) is 13.1. The van der Waals surface area contributed by atoms with Gasteiger partial charge in [-0.05, 0) is 28.9 Å². The third kappa shape index (κ3) is 3.58. The first kappa shape index (κ1) is 15.9. The highest BCUT2D eigenvalue weighted by atomic mass is 35.5. The van der Waals surface area contributed by atoms with Gasteiger partial charge in [0.1, 0.15) is 0 Å². The minimum absolute atomic E-state index is 0.00107. The summed E-state index contributed by atoms with van der Waals surface area (Å²) in [4.78, 5) is 11.2. The summed E-state index contributed by atoms with van der Waals surface area (Å²) in [6.45, 7) is 0. The third-order valence-corrected chi connectivity index (χ3v) is 4.92. The molecule has 0 saturated carbocycles. The molecule has 0 radical (unpaired) electrons. The molecule has 21 heavy (non-hydrogen) atoms. The molecule has 0 amide bonds. The van der Waals surface area contributed by atoms with Gasteiger partial charge < -0.3 is 5.11 Å². The predicted molar refractivity (Wildman–Crippen MR) is 85.2 cm³/mol. The summed E-state index contributed by atoms with van der Waals surface area (Å²) in [7, 11) is -4.11. The van der Waals surface area contributed by atoms with Crippen molar-refractivity contribution in [2.45, 2.75) is 5.25 Å². The quantitative estimate of drug-likeness (QED) is 0.660. The Morgan fingerprint density at radius 3 is 2.19 bits per heavy atom. The summed E-state index contributed by atoms with van der Waals surface area (Å²) < 4.78 is 23.0. The molecule has 2 aromatic carbocycles. The highest BCUT2D eigenvalue weighted by Crippen LogP contribution is 2.34. The molecule has 0 aliphatic heterocycles. The molecule has 1 atom stereocenters. The Kier molecular flexibility index (Phi) is 4.61. The van der Waals surface area contributed by atoms with Gasteiger partial charge >= 0.3 is 5.97 Å². The van der Waals surface area contributed by atoms with Gasteiger partial charge in [-0.3, -0.25) is 4.79 Å². The minimum atomic E-state index is -4.11. The Hall–Kier alpha value is -1.50. The van der Waals surface area contributed by atoms with Crippen LogP contribution in [-0.2, 0) is 13.7 Å². The molecule has 0 aromatic heterocycles. The van der Waals surface area contributed by atoms with Gasteiger partial charge in [-0.15, -0.1) is 0 Å². The molecule has 1 unspecified atom stereocenters. The zero-order chi connectivity index (χ0) is 15.6. The smallest absolute Gasteiger partial charge is 0.327 e. The summed E-state index contributed by atoms with van der Waals surface area (Å²) >= 11 is 9.44. The third-order valence-electron chi connectivity index (χ3n) is 2.91. The number of hydrogen-bond acceptors (Lipinski definition) is 3. The lowest BCUT2D eigenvalue weighted by Crippen LogP contribution is -2.18. The Morgan fingerprint density at radius 1 is 1.10 bits per heavy atom. The van der Waals surface area contributed by atoms with Crippen molar-refractivity contribution < 1.29 is 18.3 Å². The lowest BCUT2D eigenvalue weighted by Gasteiger charge is -2.13. The van der Waals surface area contributed by atoms with Crippen molar-refractivity contribution in [3.63, 3.8) is 0 Å². The second kappa shape index (κ2) is 6.09. The molecule has 0 bridgehead atoms. The van der Waals surface area contributed by atoms with Crippen LogP contribution < -0.4 is 0 Å². The second-order valence-electron chi connectivity index (χ2n) is 4.34. The van der Waals surface area contributed by atoms with E-state index < -0.39 is 20.1 Å². The van der Waals surface area contributed by atoms with Gasteiger partial charge in [-0.1, -0.05) is 54.1 Å². The standard InChI is InChI=1S/C14H11ClO4S2/c15-12-8-10(9-4-2-1-3-5-9)6-7-11(12)13(14(16)17)21(18,19)20/h1-8,13H,(H,16,17)(H,18,19,20). The molecule has 0 heterocycles. The van der Waals surface area contributed by atoms with E-state index in [0.29, 0.717) is 0 Å². The lowest BCUT2D eigenvalue weighted by atomic mass is 10.0. The number of halogens is 1. The second-order valence-corrected chi connectivity index (χ2v) is 7.77. The number of thiol groups is 1. The molecular weight excluding hydrogens is 332 g/mol. The first-order valence-electron chi connectivity index (χ1n) is 5.84. The topological polar surface area (TPSA) is 71.4 Å². The number of rotatable bonds is 4. The molecule has 7 heteroatoms. The molecule has 2 rings (SSSR count). The summed E-state index contributed by atoms with van der Waals surface area (Å²) in [5.41, 5.74) is 1.66. The fraction of sp³-hybridized carbons (Fsp3) is 0.0714. The molecule has 0 fully saturated rings. The van der Waals surface area contributed by atoms with Crippen molar-refractivity contribution in [3.8, 4) is 11.1 Å². The van der Waals surface area contributed by atoms with Crippen molar-refractivity contribution in [3.05, 3.63) is 59.1 Å². The SMILES string of the molecule is O=C(O)C(c1ccc(-c2ccccc2)cc1Cl)S(=O)(=O)S. The average molecular weight is 343 g/mol. The number of carboxylic acids is 1. The summed E-state index contributed by atoms with van der Waals surface area (Å²) in [6.07, 6.45) is 0. The maximum absolute atomic E-state index is 11.5. The van der Waals surface area contributed by atoms with Crippen LogP contribution in [0.25, 0.3) is 11.1 Å². The molecule has 4 nitrogen and oxygen atoms in total. The van der Waals surface area contributed by atoms with Crippen molar-refractivity contribution in [2.24, 2.45) is 0 Å². The minimum Gasteiger partial charge on any atom is -0.480 e. The zero-order valence-electron chi connectivity index (χ0n) is 10.6. The van der Waals surface area contributed by atoms with Crippen LogP contribution in [-0.4, -0.2) is 19.5 Å². The van der Waals surface area contributed by atoms with E-state index >= 15 is 0 Å². The van der Waals surface area contributed by atoms with Gasteiger partial charge in [0.05, 0.1) is 0 Å². The van der Waals surface area contributed by atoms with Gasteiger partial charge in [0, 0.05) is 10.6 Å². The van der Waals surface area contributed by atoms with E-state index in [-0.39, 0.29) is 10.6 Å². The Bertz CT molecular complexity index is 773. The largest absolute Gasteiger partial charge is 0.480 e. The summed E-state index contributed by atoms with van der Waals surface area (Å²) in [6, 6.07) is 13.9. The Labute approximate surface area is 132 Å². The van der Waals surface area contributed by atoms with Gasteiger partial charge in [0.15, 0.2) is 5.25 Å². The maximum Gasteiger partial charge on any atom is 0.327 e. The fourth-order valence-corrected chi connectivity index (χ4v) is 3.72. The number of aliphatic carboxylic acids is 1. The number of benzene rings is 2. The van der Waals surface area contributed by atoms with Crippen molar-refractivity contribution in [1.82, 2.24) is 0 Å². The van der Waals surface area contributed by atoms with Crippen LogP contribution in [0.5, 0.6) is 0 Å². The van der Waals surface area contributed by atoms with Crippen LogP contribution in [0.4, 0.5) is 0 Å². The normalized spacial score (nSPS) is 12.9. The van der Waals surface area contributed by atoms with Crippen molar-refractivity contribution in [2.75, 3.05) is 0 Å². The van der Waals surface area contributed by atoms with E-state index in [1.807, 2.05) is 30.3 Å². The van der Waals surface area contributed by atoms with Crippen LogP contribution in [0.1, 0.15) is 10.8 Å². The first-order valence-corrected chi connectivity index (χ1v) is 8.82. The van der Waals surface area contributed by atoms with Gasteiger partial charge in [-0.2, -0.15) is 0 Å². The first-order chi connectivity index (χ1) is 9.80. The molecule has 0 aliphatic carbocycles. The van der Waals surface area contributed by atoms with E-state index in [1.165, 1.54) is 6.07 Å². The fourth-order valence-electron chi connectivity index (χ4n) is 1.97. The number of carbonyl (C=O) groups is 1. The molecule has 110 valence electrons. The molecule has 0 spiro atoms. The van der Waals surface area contributed by atoms with E-state index in [9.17, 15) is 13.2 Å². The lowest BCUT2D eigenvalue weighted by molar-refractivity contribution is -0.136. The molecule has 0 saturated heterocycles. The molecular formula is C14H11ClO4S2. The van der Waals surface area contributed by atoms with E-state index in [4.69, 9.17) is 16.7 Å². The molecule has 1 N–H and O–H groups in total. The van der Waals surface area contributed by atoms with Crippen LogP contribution in [0, 0.1) is 0 Å². The molecule has 0 aliphatic rings. The van der Waals surface area contributed by atoms with Crippen LogP contribution >= 0.6 is 23.3 Å². The van der Waals surface area contributed by atoms with E-state index in [1.54, 1.807) is 12.1 Å². The number of hydrogen-bond donors (Lipinski definition) is 2. The predicted octanol–water partition coefficient (Wildman–Crippen LogP) is 3.39. The summed E-state index contributed by atoms with van der Waals surface area (Å²) in [5.74, 6) is -1.51. The van der Waals surface area contributed by atoms with Crippen molar-refractivity contribution in [1.29, 1.82) is 0 Å².